The van der Waals surface area contributed by atoms with Gasteiger partial charge in [-0.3, -0.25) is 4.79 Å². The summed E-state index contributed by atoms with van der Waals surface area (Å²) in [6, 6.07) is 2.70. The van der Waals surface area contributed by atoms with Crippen LogP contribution in [-0.2, 0) is 13.0 Å². The Labute approximate surface area is 116 Å². The molecule has 1 aromatic rings. The van der Waals surface area contributed by atoms with E-state index in [1.165, 1.54) is 17.8 Å². The number of aromatic nitrogens is 1. The zero-order valence-corrected chi connectivity index (χ0v) is 12.7. The summed E-state index contributed by atoms with van der Waals surface area (Å²) in [5.41, 5.74) is 3.49. The van der Waals surface area contributed by atoms with Crippen molar-refractivity contribution >= 4 is 5.78 Å². The van der Waals surface area contributed by atoms with Crippen LogP contribution in [0.5, 0.6) is 0 Å². The molecule has 0 saturated carbocycles. The van der Waals surface area contributed by atoms with Crippen LogP contribution in [0.1, 0.15) is 54.9 Å². The number of ketones is 1. The van der Waals surface area contributed by atoms with Crippen molar-refractivity contribution in [3.05, 3.63) is 23.0 Å². The van der Waals surface area contributed by atoms with Gasteiger partial charge in [0.05, 0.1) is 0 Å². The third kappa shape index (κ3) is 2.92. The number of hydrogen-bond donors (Lipinski definition) is 0. The second-order valence-corrected chi connectivity index (χ2v) is 5.81. The van der Waals surface area contributed by atoms with Crippen molar-refractivity contribution in [2.24, 2.45) is 0 Å². The van der Waals surface area contributed by atoms with E-state index in [2.05, 4.69) is 43.4 Å². The monoisotopic (exact) mass is 262 g/mol. The molecule has 106 valence electrons. The maximum absolute atomic E-state index is 11.9. The van der Waals surface area contributed by atoms with Crippen LogP contribution >= 0.6 is 0 Å². The molecule has 3 heteroatoms. The smallest absolute Gasteiger partial charge is 0.164 e. The number of aryl methyl sites for hydroxylation is 1. The highest BCUT2D eigenvalue weighted by molar-refractivity contribution is 5.98. The first-order chi connectivity index (χ1) is 9.04. The van der Waals surface area contributed by atoms with E-state index < -0.39 is 0 Å². The Morgan fingerprint density at radius 1 is 1.42 bits per heavy atom. The predicted molar refractivity (Wildman–Crippen MR) is 78.8 cm³/mol. The number of Topliss-reactive ketones (excluding diaryl/α,β-unsaturated/α-hetero) is 1. The standard InChI is InChI=1S/C16H26N2O/c1-5-12(2)17(4)9-10-18-13(3)11-14-15(18)7-6-8-16(14)19/h11-12H,5-10H2,1-4H3. The number of rotatable bonds is 5. The highest BCUT2D eigenvalue weighted by Crippen LogP contribution is 2.25. The minimum atomic E-state index is 0.332. The first kappa shape index (κ1) is 14.3. The molecule has 0 radical (unpaired) electrons. The van der Waals surface area contributed by atoms with Crippen LogP contribution in [0.3, 0.4) is 0 Å². The Balaban J connectivity index is 2.11. The van der Waals surface area contributed by atoms with Crippen molar-refractivity contribution in [3.8, 4) is 0 Å². The minimum Gasteiger partial charge on any atom is -0.347 e. The zero-order valence-electron chi connectivity index (χ0n) is 12.7. The average Bonchev–Trinajstić information content (AvgIpc) is 2.72. The lowest BCUT2D eigenvalue weighted by atomic mass is 9.97. The van der Waals surface area contributed by atoms with E-state index in [1.807, 2.05) is 0 Å². The first-order valence-electron chi connectivity index (χ1n) is 7.47. The lowest BCUT2D eigenvalue weighted by Crippen LogP contribution is -2.32. The number of nitrogens with zero attached hydrogens (tertiary/aromatic N) is 2. The SMILES string of the molecule is CCC(C)N(C)CCn1c(C)cc2c1CCCC2=O. The fourth-order valence-electron chi connectivity index (χ4n) is 2.89. The molecule has 0 aliphatic heterocycles. The molecule has 0 fully saturated rings. The minimum absolute atomic E-state index is 0.332. The fraction of sp³-hybridized carbons (Fsp3) is 0.688. The van der Waals surface area contributed by atoms with Gasteiger partial charge in [0.25, 0.3) is 0 Å². The van der Waals surface area contributed by atoms with Crippen LogP contribution in [0, 0.1) is 6.92 Å². The molecule has 19 heavy (non-hydrogen) atoms. The molecule has 0 N–H and O–H groups in total. The Bertz CT molecular complexity index is 462. The van der Waals surface area contributed by atoms with Crippen molar-refractivity contribution in [3.63, 3.8) is 0 Å². The summed E-state index contributed by atoms with van der Waals surface area (Å²) in [6.07, 6.45) is 3.97. The second-order valence-electron chi connectivity index (χ2n) is 5.81. The molecule has 0 saturated heterocycles. The molecule has 3 nitrogen and oxygen atoms in total. The molecule has 2 rings (SSSR count). The Kier molecular flexibility index (Phi) is 4.46. The third-order valence-corrected chi connectivity index (χ3v) is 4.55. The number of carbonyl (C=O) groups is 1. The van der Waals surface area contributed by atoms with E-state index in [0.29, 0.717) is 11.8 Å². The molecule has 0 spiro atoms. The quantitative estimate of drug-likeness (QED) is 0.815. The molecule has 1 heterocycles. The molecule has 1 aliphatic carbocycles. The maximum Gasteiger partial charge on any atom is 0.164 e. The van der Waals surface area contributed by atoms with Crippen LogP contribution in [-0.4, -0.2) is 34.9 Å². The molecular formula is C16H26N2O. The van der Waals surface area contributed by atoms with Crippen LogP contribution in [0.2, 0.25) is 0 Å². The van der Waals surface area contributed by atoms with Crippen molar-refractivity contribution in [2.75, 3.05) is 13.6 Å². The number of likely N-dealkylation sites (N-methyl/N-ethyl adjacent to an activating group) is 1. The van der Waals surface area contributed by atoms with E-state index in [4.69, 9.17) is 0 Å². The number of carbonyl (C=O) groups excluding carboxylic acids is 1. The molecule has 1 aliphatic rings. The summed E-state index contributed by atoms with van der Waals surface area (Å²) in [5, 5.41) is 0. The molecule has 1 unspecified atom stereocenters. The third-order valence-electron chi connectivity index (χ3n) is 4.55. The highest BCUT2D eigenvalue weighted by atomic mass is 16.1. The lowest BCUT2D eigenvalue weighted by molar-refractivity contribution is 0.0971. The Morgan fingerprint density at radius 2 is 2.16 bits per heavy atom. The van der Waals surface area contributed by atoms with Gasteiger partial charge in [-0.15, -0.1) is 0 Å². The zero-order chi connectivity index (χ0) is 14.0. The largest absolute Gasteiger partial charge is 0.347 e. The van der Waals surface area contributed by atoms with Crippen LogP contribution < -0.4 is 0 Å². The predicted octanol–water partition coefficient (Wildman–Crippen LogP) is 3.05. The van der Waals surface area contributed by atoms with Crippen molar-refractivity contribution < 1.29 is 4.79 Å². The van der Waals surface area contributed by atoms with Gasteiger partial charge in [0.2, 0.25) is 0 Å². The number of hydrogen-bond acceptors (Lipinski definition) is 2. The first-order valence-corrected chi connectivity index (χ1v) is 7.47. The maximum atomic E-state index is 11.9. The summed E-state index contributed by atoms with van der Waals surface area (Å²) in [7, 11) is 2.19. The summed E-state index contributed by atoms with van der Waals surface area (Å²) < 4.78 is 2.35. The Morgan fingerprint density at radius 3 is 2.84 bits per heavy atom. The van der Waals surface area contributed by atoms with Crippen molar-refractivity contribution in [1.29, 1.82) is 0 Å². The molecule has 1 atom stereocenters. The second kappa shape index (κ2) is 5.91. The molecular weight excluding hydrogens is 236 g/mol. The van der Waals surface area contributed by atoms with Gasteiger partial charge in [0, 0.05) is 42.5 Å². The van der Waals surface area contributed by atoms with E-state index >= 15 is 0 Å². The lowest BCUT2D eigenvalue weighted by Gasteiger charge is -2.25. The van der Waals surface area contributed by atoms with Gasteiger partial charge in [-0.05, 0) is 46.2 Å². The van der Waals surface area contributed by atoms with E-state index in [-0.39, 0.29) is 0 Å². The van der Waals surface area contributed by atoms with E-state index in [9.17, 15) is 4.79 Å². The molecule has 1 aromatic heterocycles. The summed E-state index contributed by atoms with van der Waals surface area (Å²) in [4.78, 5) is 14.3. The normalized spacial score (nSPS) is 16.8. The summed E-state index contributed by atoms with van der Waals surface area (Å²) >= 11 is 0. The van der Waals surface area contributed by atoms with Gasteiger partial charge in [0.15, 0.2) is 5.78 Å². The van der Waals surface area contributed by atoms with Gasteiger partial charge in [-0.2, -0.15) is 0 Å². The van der Waals surface area contributed by atoms with E-state index in [1.54, 1.807) is 0 Å². The van der Waals surface area contributed by atoms with Crippen LogP contribution in [0.25, 0.3) is 0 Å². The topological polar surface area (TPSA) is 25.2 Å². The Hall–Kier alpha value is -1.09. The van der Waals surface area contributed by atoms with Gasteiger partial charge in [-0.1, -0.05) is 6.92 Å². The number of fused-ring (bicyclic) bond motifs is 1. The summed E-state index contributed by atoms with van der Waals surface area (Å²) in [5.74, 6) is 0.332. The van der Waals surface area contributed by atoms with Gasteiger partial charge in [-0.25, -0.2) is 0 Å². The van der Waals surface area contributed by atoms with Gasteiger partial charge < -0.3 is 9.47 Å². The van der Waals surface area contributed by atoms with E-state index in [0.717, 1.165) is 37.9 Å². The average molecular weight is 262 g/mol. The summed E-state index contributed by atoms with van der Waals surface area (Å²) in [6.45, 7) is 8.65. The molecule has 0 amide bonds. The van der Waals surface area contributed by atoms with Crippen LogP contribution in [0.15, 0.2) is 6.07 Å². The molecule has 0 bridgehead atoms. The molecule has 0 aromatic carbocycles. The highest BCUT2D eigenvalue weighted by Gasteiger charge is 2.22. The van der Waals surface area contributed by atoms with Gasteiger partial charge in [0.1, 0.15) is 0 Å². The van der Waals surface area contributed by atoms with Crippen molar-refractivity contribution in [2.45, 2.75) is 59.0 Å². The van der Waals surface area contributed by atoms with Crippen LogP contribution in [0.4, 0.5) is 0 Å². The van der Waals surface area contributed by atoms with Crippen molar-refractivity contribution in [1.82, 2.24) is 9.47 Å². The fourth-order valence-corrected chi connectivity index (χ4v) is 2.89. The van der Waals surface area contributed by atoms with Gasteiger partial charge >= 0.3 is 0 Å².